The Labute approximate surface area is 171 Å². The Bertz CT molecular complexity index is 985. The molecule has 3 aromatic carbocycles. The molecule has 0 bridgehead atoms. The molecule has 0 saturated carbocycles. The van der Waals surface area contributed by atoms with Crippen LogP contribution in [0.1, 0.15) is 13.8 Å². The van der Waals surface area contributed by atoms with Crippen LogP contribution in [0.15, 0.2) is 78.9 Å². The number of nitrogens with zero attached hydrogens (tertiary/aromatic N) is 1. The highest BCUT2D eigenvalue weighted by Gasteiger charge is 2.30. The number of amides is 1. The fraction of sp³-hybridized carbons (Fsp3) is 0.208. The standard InChI is InChI=1S/C24H25N3O2/c1-24(2)17-27(22-11-7-6-10-21(22)26-24)16-23(28)25-18-12-14-20(15-13-18)29-19-8-4-3-5-9-19/h3-15,26H,16-17H2,1-2H3,(H,25,28). The van der Waals surface area contributed by atoms with Crippen LogP contribution in [0.25, 0.3) is 0 Å². The van der Waals surface area contributed by atoms with Crippen LogP contribution in [-0.4, -0.2) is 24.5 Å². The average molecular weight is 387 g/mol. The van der Waals surface area contributed by atoms with Crippen molar-refractivity contribution >= 4 is 23.0 Å². The summed E-state index contributed by atoms with van der Waals surface area (Å²) < 4.78 is 5.79. The summed E-state index contributed by atoms with van der Waals surface area (Å²) in [4.78, 5) is 14.8. The van der Waals surface area contributed by atoms with E-state index in [1.54, 1.807) is 0 Å². The van der Waals surface area contributed by atoms with Crippen molar-refractivity contribution in [3.8, 4) is 11.5 Å². The van der Waals surface area contributed by atoms with E-state index >= 15 is 0 Å². The molecule has 0 unspecified atom stereocenters. The Hall–Kier alpha value is -3.47. The smallest absolute Gasteiger partial charge is 0.243 e. The van der Waals surface area contributed by atoms with E-state index in [2.05, 4.69) is 29.4 Å². The number of carbonyl (C=O) groups is 1. The van der Waals surface area contributed by atoms with E-state index in [4.69, 9.17) is 4.74 Å². The van der Waals surface area contributed by atoms with E-state index in [0.29, 0.717) is 6.54 Å². The Morgan fingerprint density at radius 3 is 2.38 bits per heavy atom. The van der Waals surface area contributed by atoms with Gasteiger partial charge in [-0.2, -0.15) is 0 Å². The monoisotopic (exact) mass is 387 g/mol. The first kappa shape index (κ1) is 18.9. The molecule has 0 aliphatic carbocycles. The highest BCUT2D eigenvalue weighted by Crippen LogP contribution is 2.34. The number of fused-ring (bicyclic) bond motifs is 1. The summed E-state index contributed by atoms with van der Waals surface area (Å²) in [5.41, 5.74) is 2.75. The minimum Gasteiger partial charge on any atom is -0.457 e. The van der Waals surface area contributed by atoms with Crippen molar-refractivity contribution in [2.24, 2.45) is 0 Å². The van der Waals surface area contributed by atoms with Crippen LogP contribution in [0.3, 0.4) is 0 Å². The lowest BCUT2D eigenvalue weighted by molar-refractivity contribution is -0.115. The van der Waals surface area contributed by atoms with Crippen molar-refractivity contribution in [1.82, 2.24) is 0 Å². The normalized spacial score (nSPS) is 14.5. The van der Waals surface area contributed by atoms with Gasteiger partial charge in [-0.25, -0.2) is 0 Å². The van der Waals surface area contributed by atoms with Crippen molar-refractivity contribution in [2.45, 2.75) is 19.4 Å². The first-order valence-corrected chi connectivity index (χ1v) is 9.73. The molecule has 2 N–H and O–H groups in total. The molecule has 3 aromatic rings. The third-order valence-corrected chi connectivity index (χ3v) is 4.76. The lowest BCUT2D eigenvalue weighted by Gasteiger charge is -2.41. The lowest BCUT2D eigenvalue weighted by atomic mass is 9.99. The predicted octanol–water partition coefficient (Wildman–Crippen LogP) is 5.13. The minimum absolute atomic E-state index is 0.0470. The largest absolute Gasteiger partial charge is 0.457 e. The summed E-state index contributed by atoms with van der Waals surface area (Å²) in [7, 11) is 0. The number of anilines is 3. The topological polar surface area (TPSA) is 53.6 Å². The lowest BCUT2D eigenvalue weighted by Crippen LogP contribution is -2.50. The molecule has 5 nitrogen and oxygen atoms in total. The van der Waals surface area contributed by atoms with Crippen LogP contribution in [0.5, 0.6) is 11.5 Å². The van der Waals surface area contributed by atoms with Gasteiger partial charge in [0.15, 0.2) is 0 Å². The summed E-state index contributed by atoms with van der Waals surface area (Å²) in [6.45, 7) is 5.32. The van der Waals surface area contributed by atoms with Crippen LogP contribution >= 0.6 is 0 Å². The molecule has 148 valence electrons. The summed E-state index contributed by atoms with van der Waals surface area (Å²) >= 11 is 0. The van der Waals surface area contributed by atoms with Crippen LogP contribution in [0.2, 0.25) is 0 Å². The summed E-state index contributed by atoms with van der Waals surface area (Å²) in [5, 5.41) is 6.51. The summed E-state index contributed by atoms with van der Waals surface area (Å²) in [6, 6.07) is 25.1. The van der Waals surface area contributed by atoms with E-state index in [9.17, 15) is 4.79 Å². The number of rotatable bonds is 5. The van der Waals surface area contributed by atoms with E-state index < -0.39 is 0 Å². The van der Waals surface area contributed by atoms with Gasteiger partial charge in [-0.05, 0) is 62.4 Å². The number of benzene rings is 3. The number of ether oxygens (including phenoxy) is 1. The molecule has 0 atom stereocenters. The predicted molar refractivity (Wildman–Crippen MR) is 118 cm³/mol. The molecule has 5 heteroatoms. The molecule has 0 spiro atoms. The van der Waals surface area contributed by atoms with E-state index in [1.165, 1.54) is 0 Å². The minimum atomic E-state index is -0.106. The average Bonchev–Trinajstić information content (AvgIpc) is 2.69. The van der Waals surface area contributed by atoms with Gasteiger partial charge in [-0.1, -0.05) is 30.3 Å². The maximum atomic E-state index is 12.7. The molecule has 0 aromatic heterocycles. The third kappa shape index (κ3) is 4.69. The molecule has 1 heterocycles. The number of carbonyl (C=O) groups excluding carboxylic acids is 1. The molecule has 1 aliphatic rings. The molecule has 4 rings (SSSR count). The van der Waals surface area contributed by atoms with Gasteiger partial charge >= 0.3 is 0 Å². The molecular formula is C24H25N3O2. The highest BCUT2D eigenvalue weighted by atomic mass is 16.5. The van der Waals surface area contributed by atoms with Crippen molar-refractivity contribution in [2.75, 3.05) is 28.6 Å². The van der Waals surface area contributed by atoms with Crippen LogP contribution < -0.4 is 20.3 Å². The SMILES string of the molecule is CC1(C)CN(CC(=O)Nc2ccc(Oc3ccccc3)cc2)c2ccccc2N1. The molecule has 1 amide bonds. The number of nitrogens with one attached hydrogen (secondary N) is 2. The number of hydrogen-bond donors (Lipinski definition) is 2. The molecule has 0 radical (unpaired) electrons. The molecule has 0 saturated heterocycles. The Morgan fingerprint density at radius 1 is 0.966 bits per heavy atom. The number of hydrogen-bond acceptors (Lipinski definition) is 4. The maximum Gasteiger partial charge on any atom is 0.243 e. The summed E-state index contributed by atoms with van der Waals surface area (Å²) in [5.74, 6) is 1.46. The number of para-hydroxylation sites is 3. The van der Waals surface area contributed by atoms with E-state index in [1.807, 2.05) is 78.9 Å². The molecular weight excluding hydrogens is 362 g/mol. The second-order valence-electron chi connectivity index (χ2n) is 7.87. The van der Waals surface area contributed by atoms with Gasteiger partial charge in [0.05, 0.1) is 17.9 Å². The van der Waals surface area contributed by atoms with Gasteiger partial charge in [-0.15, -0.1) is 0 Å². The Morgan fingerprint density at radius 2 is 1.62 bits per heavy atom. The van der Waals surface area contributed by atoms with Gasteiger partial charge in [0.2, 0.25) is 5.91 Å². The molecule has 0 fully saturated rings. The summed E-state index contributed by atoms with van der Waals surface area (Å²) in [6.07, 6.45) is 0. The van der Waals surface area contributed by atoms with Crippen LogP contribution in [0, 0.1) is 0 Å². The second-order valence-corrected chi connectivity index (χ2v) is 7.87. The van der Waals surface area contributed by atoms with E-state index in [0.717, 1.165) is 35.1 Å². The maximum absolute atomic E-state index is 12.7. The van der Waals surface area contributed by atoms with Crippen molar-refractivity contribution in [3.63, 3.8) is 0 Å². The van der Waals surface area contributed by atoms with Gasteiger partial charge in [-0.3, -0.25) is 4.79 Å². The van der Waals surface area contributed by atoms with Gasteiger partial charge in [0, 0.05) is 17.8 Å². The van der Waals surface area contributed by atoms with Gasteiger partial charge < -0.3 is 20.3 Å². The fourth-order valence-electron chi connectivity index (χ4n) is 3.57. The van der Waals surface area contributed by atoms with Crippen molar-refractivity contribution in [3.05, 3.63) is 78.9 Å². The first-order chi connectivity index (χ1) is 14.0. The van der Waals surface area contributed by atoms with Crippen LogP contribution in [-0.2, 0) is 4.79 Å². The van der Waals surface area contributed by atoms with E-state index in [-0.39, 0.29) is 11.4 Å². The highest BCUT2D eigenvalue weighted by molar-refractivity contribution is 5.95. The third-order valence-electron chi connectivity index (χ3n) is 4.76. The zero-order valence-corrected chi connectivity index (χ0v) is 16.7. The van der Waals surface area contributed by atoms with Gasteiger partial charge in [0.1, 0.15) is 11.5 Å². The second kappa shape index (κ2) is 7.87. The first-order valence-electron chi connectivity index (χ1n) is 9.73. The zero-order chi connectivity index (χ0) is 20.3. The van der Waals surface area contributed by atoms with Crippen LogP contribution in [0.4, 0.5) is 17.1 Å². The Balaban J connectivity index is 1.40. The van der Waals surface area contributed by atoms with Crippen molar-refractivity contribution in [1.29, 1.82) is 0 Å². The fourth-order valence-corrected chi connectivity index (χ4v) is 3.57. The van der Waals surface area contributed by atoms with Crippen molar-refractivity contribution < 1.29 is 9.53 Å². The van der Waals surface area contributed by atoms with Gasteiger partial charge in [0.25, 0.3) is 0 Å². The zero-order valence-electron chi connectivity index (χ0n) is 16.7. The molecule has 29 heavy (non-hydrogen) atoms. The quantitative estimate of drug-likeness (QED) is 0.637. The Kier molecular flexibility index (Phi) is 5.12. The molecule has 1 aliphatic heterocycles.